The van der Waals surface area contributed by atoms with Crippen LogP contribution in [0.25, 0.3) is 0 Å². The molecule has 3 rings (SSSR count). The minimum Gasteiger partial charge on any atom is -0.478 e. The number of nitrogens with one attached hydrogen (secondary N) is 3. The SMILES string of the molecule is CC.CC.CCCN(CCC)C1=CC(N)NC(OCCN2CCOCC2)=C1.CNC(=O)c1cccc(C=N)c1. The Balaban J connectivity index is 0.000000759. The number of nitrogens with two attached hydrogens (primary N) is 1. The molecule has 1 saturated heterocycles. The summed E-state index contributed by atoms with van der Waals surface area (Å²) in [5.41, 5.74) is 8.58. The Bertz CT molecular complexity index is 847. The molecule has 0 radical (unpaired) electrons. The normalized spacial score (nSPS) is 16.2. The third-order valence-corrected chi connectivity index (χ3v) is 5.60. The highest BCUT2D eigenvalue weighted by Crippen LogP contribution is 2.15. The molecule has 1 unspecified atom stereocenters. The lowest BCUT2D eigenvalue weighted by Gasteiger charge is -2.31. The highest BCUT2D eigenvalue weighted by atomic mass is 16.5. The van der Waals surface area contributed by atoms with Crippen molar-refractivity contribution in [3.05, 3.63) is 59.1 Å². The number of morpholine rings is 1. The van der Waals surface area contributed by atoms with Gasteiger partial charge in [-0.15, -0.1) is 0 Å². The number of benzene rings is 1. The van der Waals surface area contributed by atoms with Gasteiger partial charge in [-0.2, -0.15) is 0 Å². The van der Waals surface area contributed by atoms with Gasteiger partial charge < -0.3 is 36.2 Å². The smallest absolute Gasteiger partial charge is 0.251 e. The second-order valence-corrected chi connectivity index (χ2v) is 8.41. The van der Waals surface area contributed by atoms with Crippen LogP contribution in [0.5, 0.6) is 0 Å². The maximum absolute atomic E-state index is 11.1. The fourth-order valence-electron chi connectivity index (χ4n) is 3.83. The van der Waals surface area contributed by atoms with Crippen LogP contribution >= 0.6 is 0 Å². The van der Waals surface area contributed by atoms with Crippen molar-refractivity contribution in [1.82, 2.24) is 20.4 Å². The number of hydrogen-bond donors (Lipinski definition) is 4. The zero-order chi connectivity index (χ0) is 29.5. The second-order valence-electron chi connectivity index (χ2n) is 8.41. The van der Waals surface area contributed by atoms with Gasteiger partial charge in [0.05, 0.1) is 19.4 Å². The summed E-state index contributed by atoms with van der Waals surface area (Å²) < 4.78 is 11.3. The number of rotatable bonds is 11. The van der Waals surface area contributed by atoms with Crippen LogP contribution in [0.1, 0.15) is 70.3 Å². The van der Waals surface area contributed by atoms with Crippen LogP contribution < -0.4 is 16.4 Å². The summed E-state index contributed by atoms with van der Waals surface area (Å²) in [6.45, 7) is 19.7. The van der Waals surface area contributed by atoms with E-state index in [1.165, 1.54) is 11.9 Å². The third-order valence-electron chi connectivity index (χ3n) is 5.60. The molecule has 1 fully saturated rings. The molecule has 0 aliphatic carbocycles. The van der Waals surface area contributed by atoms with Crippen molar-refractivity contribution in [3.63, 3.8) is 0 Å². The number of carbonyl (C=O) groups excluding carboxylic acids is 1. The standard InChI is InChI=1S/C17H32N4O2.C9H10N2O.2C2H6/c1-3-5-21(6-4-2)15-13-16(18)19-17(14-15)23-12-9-20-7-10-22-11-8-20;1-11-9(12)8-4-2-3-7(5-8)6-10;2*1-2/h13-14,16,19H,3-12,18H2,1-2H3;2-6,10H,1H3,(H,11,12);2*1-2H3. The number of amides is 1. The van der Waals surface area contributed by atoms with Gasteiger partial charge in [0.25, 0.3) is 5.91 Å². The van der Waals surface area contributed by atoms with Crippen LogP contribution in [-0.2, 0) is 9.47 Å². The molecule has 9 nitrogen and oxygen atoms in total. The van der Waals surface area contributed by atoms with E-state index in [1.807, 2.05) is 27.7 Å². The van der Waals surface area contributed by atoms with Crippen molar-refractivity contribution >= 4 is 12.1 Å². The molecule has 39 heavy (non-hydrogen) atoms. The van der Waals surface area contributed by atoms with Crippen molar-refractivity contribution in [2.45, 2.75) is 60.5 Å². The molecule has 1 aromatic rings. The van der Waals surface area contributed by atoms with Crippen LogP contribution in [0.2, 0.25) is 0 Å². The van der Waals surface area contributed by atoms with Crippen molar-refractivity contribution in [2.75, 3.05) is 59.6 Å². The molecule has 2 aliphatic rings. The van der Waals surface area contributed by atoms with Crippen LogP contribution in [0.3, 0.4) is 0 Å². The summed E-state index contributed by atoms with van der Waals surface area (Å²) in [4.78, 5) is 15.8. The fraction of sp³-hybridized carbons (Fsp3) is 0.600. The van der Waals surface area contributed by atoms with Gasteiger partial charge >= 0.3 is 0 Å². The van der Waals surface area contributed by atoms with Crippen LogP contribution in [0, 0.1) is 5.41 Å². The third kappa shape index (κ3) is 14.7. The zero-order valence-electron chi connectivity index (χ0n) is 25.4. The van der Waals surface area contributed by atoms with Crippen molar-refractivity contribution in [3.8, 4) is 0 Å². The largest absolute Gasteiger partial charge is 0.478 e. The molecule has 9 heteroatoms. The van der Waals surface area contributed by atoms with Crippen LogP contribution in [-0.4, -0.2) is 87.7 Å². The van der Waals surface area contributed by atoms with E-state index in [9.17, 15) is 4.79 Å². The molecule has 2 heterocycles. The van der Waals surface area contributed by atoms with Crippen molar-refractivity contribution in [2.24, 2.45) is 5.73 Å². The highest BCUT2D eigenvalue weighted by Gasteiger charge is 2.17. The highest BCUT2D eigenvalue weighted by molar-refractivity contribution is 5.95. The summed E-state index contributed by atoms with van der Waals surface area (Å²) in [6, 6.07) is 6.92. The molecule has 0 spiro atoms. The number of nitrogens with zero attached hydrogens (tertiary/aromatic N) is 2. The average molecular weight is 547 g/mol. The Morgan fingerprint density at radius 3 is 2.41 bits per heavy atom. The summed E-state index contributed by atoms with van der Waals surface area (Å²) in [6.07, 6.45) is 7.42. The maximum Gasteiger partial charge on any atom is 0.251 e. The van der Waals surface area contributed by atoms with Gasteiger partial charge in [0, 0.05) is 63.3 Å². The molecule has 1 aromatic carbocycles. The Morgan fingerprint density at radius 2 is 1.85 bits per heavy atom. The number of hydrogen-bond acceptors (Lipinski definition) is 8. The Labute approximate surface area is 237 Å². The van der Waals surface area contributed by atoms with E-state index >= 15 is 0 Å². The first kappa shape index (κ1) is 36.1. The van der Waals surface area contributed by atoms with Gasteiger partial charge in [0.1, 0.15) is 6.61 Å². The number of dihydropyridines is 1. The van der Waals surface area contributed by atoms with E-state index in [4.69, 9.17) is 20.6 Å². The van der Waals surface area contributed by atoms with Gasteiger partial charge in [-0.05, 0) is 36.6 Å². The molecule has 0 saturated carbocycles. The van der Waals surface area contributed by atoms with E-state index in [0.717, 1.165) is 70.2 Å². The van der Waals surface area contributed by atoms with E-state index in [0.29, 0.717) is 12.2 Å². The van der Waals surface area contributed by atoms with Crippen LogP contribution in [0.4, 0.5) is 0 Å². The predicted molar refractivity (Wildman–Crippen MR) is 163 cm³/mol. The maximum atomic E-state index is 11.1. The van der Waals surface area contributed by atoms with E-state index in [-0.39, 0.29) is 12.1 Å². The minimum atomic E-state index is -0.190. The number of allylic oxidation sites excluding steroid dienone is 1. The topological polar surface area (TPSA) is 116 Å². The molecule has 222 valence electrons. The lowest BCUT2D eigenvalue weighted by Crippen LogP contribution is -2.42. The molecule has 1 atom stereocenters. The quantitative estimate of drug-likeness (QED) is 0.308. The Kier molecular flexibility index (Phi) is 21.3. The molecule has 0 bridgehead atoms. The van der Waals surface area contributed by atoms with E-state index in [2.05, 4.69) is 46.4 Å². The Hall–Kier alpha value is -2.88. The molecular weight excluding hydrogens is 492 g/mol. The van der Waals surface area contributed by atoms with Gasteiger partial charge in [-0.25, -0.2) is 0 Å². The van der Waals surface area contributed by atoms with Gasteiger partial charge in [0.2, 0.25) is 0 Å². The second kappa shape index (κ2) is 23.0. The average Bonchev–Trinajstić information content (AvgIpc) is 2.99. The summed E-state index contributed by atoms with van der Waals surface area (Å²) in [5.74, 6) is 0.652. The van der Waals surface area contributed by atoms with Gasteiger partial charge in [-0.1, -0.05) is 53.7 Å². The summed E-state index contributed by atoms with van der Waals surface area (Å²) >= 11 is 0. The molecule has 0 aromatic heterocycles. The summed E-state index contributed by atoms with van der Waals surface area (Å²) in [7, 11) is 1.58. The van der Waals surface area contributed by atoms with Crippen LogP contribution in [0.15, 0.2) is 48.0 Å². The molecular formula is C30H54N6O3. The monoisotopic (exact) mass is 546 g/mol. The first-order valence-corrected chi connectivity index (χ1v) is 14.5. The van der Waals surface area contributed by atoms with Gasteiger partial charge in [0.15, 0.2) is 5.88 Å². The lowest BCUT2D eigenvalue weighted by molar-refractivity contribution is 0.0261. The minimum absolute atomic E-state index is 0.126. The molecule has 1 amide bonds. The lowest BCUT2D eigenvalue weighted by atomic mass is 10.1. The first-order chi connectivity index (χ1) is 19.0. The van der Waals surface area contributed by atoms with Crippen molar-refractivity contribution < 1.29 is 14.3 Å². The van der Waals surface area contributed by atoms with E-state index in [1.54, 1.807) is 31.3 Å². The Morgan fingerprint density at radius 1 is 1.21 bits per heavy atom. The van der Waals surface area contributed by atoms with Crippen molar-refractivity contribution in [1.29, 1.82) is 5.41 Å². The van der Waals surface area contributed by atoms with E-state index < -0.39 is 0 Å². The molecule has 5 N–H and O–H groups in total. The fourth-order valence-corrected chi connectivity index (χ4v) is 3.83. The van der Waals surface area contributed by atoms with Gasteiger partial charge in [-0.3, -0.25) is 9.69 Å². The molecule has 2 aliphatic heterocycles. The number of ether oxygens (including phenoxy) is 2. The predicted octanol–water partition coefficient (Wildman–Crippen LogP) is 4.17. The first-order valence-electron chi connectivity index (χ1n) is 14.5. The zero-order valence-corrected chi connectivity index (χ0v) is 25.4. The summed E-state index contributed by atoms with van der Waals surface area (Å²) in [5, 5.41) is 12.7. The number of carbonyl (C=O) groups is 1.